The highest BCUT2D eigenvalue weighted by atomic mass is 16.6. The molecular weight excluding hydrogens is 268 g/mol. The Labute approximate surface area is 124 Å². The molecule has 0 saturated carbocycles. The molecule has 2 aromatic heterocycles. The summed E-state index contributed by atoms with van der Waals surface area (Å²) >= 11 is 0. The fourth-order valence-electron chi connectivity index (χ4n) is 1.96. The van der Waals surface area contributed by atoms with Gasteiger partial charge in [0.15, 0.2) is 0 Å². The largest absolute Gasteiger partial charge is 0.414 e. The van der Waals surface area contributed by atoms with Crippen molar-refractivity contribution in [3.63, 3.8) is 0 Å². The highest BCUT2D eigenvalue weighted by Crippen LogP contribution is 2.14. The van der Waals surface area contributed by atoms with Crippen molar-refractivity contribution in [1.29, 1.82) is 0 Å². The Balaban J connectivity index is 2.11. The zero-order chi connectivity index (χ0) is 15.2. The fraction of sp³-hybridized carbons (Fsp3) is 0.357. The van der Waals surface area contributed by atoms with Gasteiger partial charge >= 0.3 is 0 Å². The SMILES string of the molecule is CNO/C(C)=C/c1cc(N(C)Cc2cnn(C)c2)ncn1. The maximum Gasteiger partial charge on any atom is 0.132 e. The molecule has 0 amide bonds. The predicted molar refractivity (Wildman–Crippen MR) is 81.1 cm³/mol. The van der Waals surface area contributed by atoms with Crippen molar-refractivity contribution in [2.24, 2.45) is 7.05 Å². The van der Waals surface area contributed by atoms with Crippen molar-refractivity contribution in [2.45, 2.75) is 13.5 Å². The quantitative estimate of drug-likeness (QED) is 0.639. The third-order valence-electron chi connectivity index (χ3n) is 2.86. The van der Waals surface area contributed by atoms with Crippen LogP contribution in [-0.4, -0.2) is 33.8 Å². The summed E-state index contributed by atoms with van der Waals surface area (Å²) in [5, 5.41) is 4.17. The lowest BCUT2D eigenvalue weighted by atomic mass is 10.3. The third-order valence-corrected chi connectivity index (χ3v) is 2.86. The highest BCUT2D eigenvalue weighted by Gasteiger charge is 2.06. The molecule has 0 unspecified atom stereocenters. The first-order chi connectivity index (χ1) is 10.1. The van der Waals surface area contributed by atoms with E-state index in [0.717, 1.165) is 29.4 Å². The first kappa shape index (κ1) is 15.0. The molecule has 0 aliphatic heterocycles. The van der Waals surface area contributed by atoms with Gasteiger partial charge < -0.3 is 9.74 Å². The van der Waals surface area contributed by atoms with E-state index in [4.69, 9.17) is 4.84 Å². The van der Waals surface area contributed by atoms with Crippen LogP contribution in [0.2, 0.25) is 0 Å². The number of aryl methyl sites for hydroxylation is 1. The number of aromatic nitrogens is 4. The smallest absolute Gasteiger partial charge is 0.132 e. The molecule has 0 saturated heterocycles. The molecule has 0 fully saturated rings. The van der Waals surface area contributed by atoms with Crippen LogP contribution in [0.4, 0.5) is 5.82 Å². The van der Waals surface area contributed by atoms with Gasteiger partial charge in [0.2, 0.25) is 0 Å². The average Bonchev–Trinajstić information content (AvgIpc) is 2.84. The monoisotopic (exact) mass is 288 g/mol. The van der Waals surface area contributed by atoms with Crippen molar-refractivity contribution >= 4 is 11.9 Å². The molecule has 0 spiro atoms. The second-order valence-electron chi connectivity index (χ2n) is 4.74. The zero-order valence-electron chi connectivity index (χ0n) is 12.7. The van der Waals surface area contributed by atoms with Crippen LogP contribution in [0.15, 0.2) is 30.5 Å². The zero-order valence-corrected chi connectivity index (χ0v) is 12.7. The Morgan fingerprint density at radius 2 is 2.29 bits per heavy atom. The number of hydrogen-bond donors (Lipinski definition) is 1. The normalized spacial score (nSPS) is 11.5. The molecule has 21 heavy (non-hydrogen) atoms. The van der Waals surface area contributed by atoms with Gasteiger partial charge in [-0.2, -0.15) is 10.6 Å². The van der Waals surface area contributed by atoms with Crippen molar-refractivity contribution < 1.29 is 4.84 Å². The minimum absolute atomic E-state index is 0.733. The number of nitrogens with zero attached hydrogens (tertiary/aromatic N) is 5. The third kappa shape index (κ3) is 4.28. The van der Waals surface area contributed by atoms with E-state index in [1.807, 2.05) is 50.5 Å². The van der Waals surface area contributed by atoms with Crippen LogP contribution in [0, 0.1) is 0 Å². The van der Waals surface area contributed by atoms with E-state index in [0.29, 0.717) is 0 Å². The number of nitrogens with one attached hydrogen (secondary N) is 1. The van der Waals surface area contributed by atoms with E-state index in [9.17, 15) is 0 Å². The Kier molecular flexibility index (Phi) is 4.89. The van der Waals surface area contributed by atoms with Crippen molar-refractivity contribution in [1.82, 2.24) is 25.2 Å². The topological polar surface area (TPSA) is 68.1 Å². The van der Waals surface area contributed by atoms with E-state index in [2.05, 4.69) is 20.5 Å². The molecule has 2 rings (SSSR count). The van der Waals surface area contributed by atoms with Gasteiger partial charge in [0.25, 0.3) is 0 Å². The Morgan fingerprint density at radius 1 is 1.48 bits per heavy atom. The van der Waals surface area contributed by atoms with Gasteiger partial charge in [0, 0.05) is 51.6 Å². The van der Waals surface area contributed by atoms with Crippen LogP contribution in [0.5, 0.6) is 0 Å². The molecule has 7 heteroatoms. The summed E-state index contributed by atoms with van der Waals surface area (Å²) in [6, 6.07) is 1.92. The van der Waals surface area contributed by atoms with Gasteiger partial charge in [-0.1, -0.05) is 0 Å². The highest BCUT2D eigenvalue weighted by molar-refractivity contribution is 5.52. The van der Waals surface area contributed by atoms with Crippen LogP contribution in [0.25, 0.3) is 6.08 Å². The Bertz CT molecular complexity index is 621. The van der Waals surface area contributed by atoms with Crippen LogP contribution in [0.1, 0.15) is 18.2 Å². The molecule has 0 bridgehead atoms. The van der Waals surface area contributed by atoms with Gasteiger partial charge in [0.05, 0.1) is 11.9 Å². The van der Waals surface area contributed by atoms with E-state index >= 15 is 0 Å². The standard InChI is InChI=1S/C14H20N6O/c1-11(21-15-2)5-13-6-14(17-10-16-13)19(3)8-12-7-18-20(4)9-12/h5-7,9-10,15H,8H2,1-4H3/b11-5+. The number of hydrogen-bond acceptors (Lipinski definition) is 6. The summed E-state index contributed by atoms with van der Waals surface area (Å²) in [4.78, 5) is 15.7. The summed E-state index contributed by atoms with van der Waals surface area (Å²) in [6.07, 6.45) is 7.24. The summed E-state index contributed by atoms with van der Waals surface area (Å²) < 4.78 is 1.79. The summed E-state index contributed by atoms with van der Waals surface area (Å²) in [7, 11) is 5.60. The van der Waals surface area contributed by atoms with Crippen LogP contribution < -0.4 is 10.4 Å². The van der Waals surface area contributed by atoms with Gasteiger partial charge in [-0.15, -0.1) is 0 Å². The molecule has 7 nitrogen and oxygen atoms in total. The maximum atomic E-state index is 5.17. The summed E-state index contributed by atoms with van der Waals surface area (Å²) in [6.45, 7) is 2.59. The number of allylic oxidation sites excluding steroid dienone is 1. The molecule has 0 aliphatic carbocycles. The van der Waals surface area contributed by atoms with Crippen molar-refractivity contribution in [2.75, 3.05) is 19.0 Å². The van der Waals surface area contributed by atoms with Gasteiger partial charge in [-0.3, -0.25) is 4.68 Å². The van der Waals surface area contributed by atoms with Crippen LogP contribution in [-0.2, 0) is 18.4 Å². The molecule has 1 N–H and O–H groups in total. The molecule has 0 aliphatic rings. The lowest BCUT2D eigenvalue weighted by Crippen LogP contribution is -2.17. The lowest BCUT2D eigenvalue weighted by molar-refractivity contribution is 0.131. The van der Waals surface area contributed by atoms with E-state index in [1.54, 1.807) is 18.1 Å². The summed E-state index contributed by atoms with van der Waals surface area (Å²) in [5.41, 5.74) is 4.56. The molecule has 0 atom stereocenters. The first-order valence-electron chi connectivity index (χ1n) is 6.61. The van der Waals surface area contributed by atoms with Crippen molar-refractivity contribution in [3.8, 4) is 0 Å². The molecule has 2 aromatic rings. The predicted octanol–water partition coefficient (Wildman–Crippen LogP) is 1.36. The van der Waals surface area contributed by atoms with Crippen LogP contribution in [0.3, 0.4) is 0 Å². The van der Waals surface area contributed by atoms with Gasteiger partial charge in [0.1, 0.15) is 17.9 Å². The minimum atomic E-state index is 0.733. The lowest BCUT2D eigenvalue weighted by Gasteiger charge is -2.17. The minimum Gasteiger partial charge on any atom is -0.414 e. The van der Waals surface area contributed by atoms with E-state index in [-0.39, 0.29) is 0 Å². The number of rotatable bonds is 6. The molecule has 2 heterocycles. The Hall–Kier alpha value is -2.41. The van der Waals surface area contributed by atoms with Gasteiger partial charge in [-0.25, -0.2) is 9.97 Å². The van der Waals surface area contributed by atoms with Crippen LogP contribution >= 0.6 is 0 Å². The molecule has 112 valence electrons. The summed E-state index contributed by atoms with van der Waals surface area (Å²) in [5.74, 6) is 1.58. The van der Waals surface area contributed by atoms with Crippen molar-refractivity contribution in [3.05, 3.63) is 41.8 Å². The number of hydroxylamine groups is 1. The average molecular weight is 288 g/mol. The second kappa shape index (κ2) is 6.85. The molecule has 0 aromatic carbocycles. The van der Waals surface area contributed by atoms with E-state index < -0.39 is 0 Å². The van der Waals surface area contributed by atoms with E-state index in [1.165, 1.54) is 0 Å². The second-order valence-corrected chi connectivity index (χ2v) is 4.74. The number of anilines is 1. The first-order valence-corrected chi connectivity index (χ1v) is 6.61. The Morgan fingerprint density at radius 3 is 2.95 bits per heavy atom. The molecule has 0 radical (unpaired) electrons. The molecular formula is C14H20N6O. The maximum absolute atomic E-state index is 5.17. The fourth-order valence-corrected chi connectivity index (χ4v) is 1.96. The van der Waals surface area contributed by atoms with Gasteiger partial charge in [-0.05, 0) is 6.92 Å².